The number of carbonyl (C=O) groups excluding carboxylic acids is 1. The molecule has 0 spiro atoms. The number of nitrogens with zero attached hydrogens (tertiary/aromatic N) is 1. The highest BCUT2D eigenvalue weighted by Gasteiger charge is 2.19. The zero-order chi connectivity index (χ0) is 19.9. The molecule has 0 heterocycles. The summed E-state index contributed by atoms with van der Waals surface area (Å²) in [6.07, 6.45) is 1.72. The van der Waals surface area contributed by atoms with Crippen molar-refractivity contribution >= 4 is 21.6 Å². The lowest BCUT2D eigenvalue weighted by atomic mass is 10.2. The molecular weight excluding hydrogens is 371 g/mol. The lowest BCUT2D eigenvalue weighted by Gasteiger charge is -2.21. The highest BCUT2D eigenvalue weighted by atomic mass is 32.2. The van der Waals surface area contributed by atoms with Gasteiger partial charge in [-0.15, -0.1) is 0 Å². The van der Waals surface area contributed by atoms with Crippen molar-refractivity contribution in [2.75, 3.05) is 24.4 Å². The van der Waals surface area contributed by atoms with Crippen LogP contribution in [0.3, 0.4) is 0 Å². The van der Waals surface area contributed by atoms with Gasteiger partial charge in [-0.2, -0.15) is 0 Å². The minimum absolute atomic E-state index is 0.0791. The van der Waals surface area contributed by atoms with Crippen LogP contribution in [-0.2, 0) is 10.0 Å². The van der Waals surface area contributed by atoms with Gasteiger partial charge in [0.15, 0.2) is 0 Å². The van der Waals surface area contributed by atoms with Crippen LogP contribution in [0.25, 0.3) is 0 Å². The van der Waals surface area contributed by atoms with Gasteiger partial charge in [0.05, 0.1) is 17.2 Å². The maximum atomic E-state index is 13.7. The number of sulfonamides is 1. The zero-order valence-electron chi connectivity index (χ0n) is 15.1. The van der Waals surface area contributed by atoms with E-state index < -0.39 is 15.8 Å². The summed E-state index contributed by atoms with van der Waals surface area (Å²) in [4.78, 5) is 14.0. The Morgan fingerprint density at radius 3 is 2.37 bits per heavy atom. The molecule has 0 aliphatic rings. The number of carbonyl (C=O) groups is 1. The molecule has 2 N–H and O–H groups in total. The molecule has 0 aromatic heterocycles. The first-order chi connectivity index (χ1) is 12.9. The fourth-order valence-corrected chi connectivity index (χ4v) is 3.56. The van der Waals surface area contributed by atoms with Gasteiger partial charge in [0, 0.05) is 18.7 Å². The van der Waals surface area contributed by atoms with Gasteiger partial charge < -0.3 is 10.0 Å². The first kappa shape index (κ1) is 20.9. The predicted molar refractivity (Wildman–Crippen MR) is 102 cm³/mol. The fourth-order valence-electron chi connectivity index (χ4n) is 2.49. The molecule has 1 amide bonds. The number of unbranched alkanes of at least 4 members (excludes halogenated alkanes) is 1. The molecule has 0 saturated heterocycles. The number of rotatable bonds is 9. The molecule has 0 saturated carbocycles. The number of nitrogens with one attached hydrogen (secondary N) is 1. The van der Waals surface area contributed by atoms with Crippen LogP contribution in [0.15, 0.2) is 53.4 Å². The van der Waals surface area contributed by atoms with Crippen LogP contribution in [0.5, 0.6) is 0 Å². The van der Waals surface area contributed by atoms with Crippen LogP contribution in [0.1, 0.15) is 30.1 Å². The van der Waals surface area contributed by atoms with Gasteiger partial charge in [-0.3, -0.25) is 9.52 Å². The molecule has 2 aromatic carbocycles. The Bertz CT molecular complexity index is 870. The average molecular weight is 394 g/mol. The number of aliphatic hydroxyl groups is 1. The molecule has 8 heteroatoms. The van der Waals surface area contributed by atoms with Gasteiger partial charge in [-0.25, -0.2) is 12.8 Å². The molecular formula is C19H23FN2O4S. The molecule has 2 rings (SSSR count). The van der Waals surface area contributed by atoms with Crippen LogP contribution in [0, 0.1) is 5.82 Å². The second-order valence-corrected chi connectivity index (χ2v) is 7.66. The van der Waals surface area contributed by atoms with Gasteiger partial charge in [0.2, 0.25) is 0 Å². The molecule has 0 aliphatic carbocycles. The van der Waals surface area contributed by atoms with Crippen LogP contribution in [0.4, 0.5) is 10.1 Å². The first-order valence-corrected chi connectivity index (χ1v) is 10.1. The summed E-state index contributed by atoms with van der Waals surface area (Å²) in [7, 11) is -3.98. The zero-order valence-corrected chi connectivity index (χ0v) is 15.9. The van der Waals surface area contributed by atoms with Crippen molar-refractivity contribution in [3.63, 3.8) is 0 Å². The van der Waals surface area contributed by atoms with E-state index in [1.165, 1.54) is 47.4 Å². The minimum Gasteiger partial charge on any atom is -0.395 e. The maximum Gasteiger partial charge on any atom is 0.261 e. The standard InChI is InChI=1S/C19H23FN2O4S/c1-2-3-12-22(13-14-23)19(24)15-8-10-16(11-9-15)27(25,26)21-18-7-5-4-6-17(18)20/h4-11,21,23H,2-3,12-14H2,1H3. The Kier molecular flexibility index (Phi) is 7.32. The van der Waals surface area contributed by atoms with E-state index in [4.69, 9.17) is 5.11 Å². The van der Waals surface area contributed by atoms with E-state index in [1.54, 1.807) is 0 Å². The van der Waals surface area contributed by atoms with Gasteiger partial charge >= 0.3 is 0 Å². The van der Waals surface area contributed by atoms with E-state index >= 15 is 0 Å². The number of anilines is 1. The summed E-state index contributed by atoms with van der Waals surface area (Å²) in [5, 5.41) is 9.13. The molecule has 2 aromatic rings. The quantitative estimate of drug-likeness (QED) is 0.685. The maximum absolute atomic E-state index is 13.7. The Labute approximate surface area is 158 Å². The topological polar surface area (TPSA) is 86.7 Å². The number of hydrogen-bond acceptors (Lipinski definition) is 4. The summed E-state index contributed by atoms with van der Waals surface area (Å²) >= 11 is 0. The number of hydrogen-bond donors (Lipinski definition) is 2. The molecule has 0 atom stereocenters. The molecule has 0 unspecified atom stereocenters. The lowest BCUT2D eigenvalue weighted by molar-refractivity contribution is 0.0719. The number of benzene rings is 2. The smallest absolute Gasteiger partial charge is 0.261 e. The third-order valence-electron chi connectivity index (χ3n) is 3.97. The molecule has 0 aliphatic heterocycles. The third kappa shape index (κ3) is 5.51. The monoisotopic (exact) mass is 394 g/mol. The Morgan fingerprint density at radius 1 is 1.11 bits per heavy atom. The van der Waals surface area contributed by atoms with E-state index in [9.17, 15) is 17.6 Å². The van der Waals surface area contributed by atoms with E-state index in [-0.39, 0.29) is 29.6 Å². The molecule has 27 heavy (non-hydrogen) atoms. The molecule has 6 nitrogen and oxygen atoms in total. The molecule has 0 bridgehead atoms. The Morgan fingerprint density at radius 2 is 1.78 bits per heavy atom. The molecule has 0 radical (unpaired) electrons. The Hall–Kier alpha value is -2.45. The average Bonchev–Trinajstić information content (AvgIpc) is 2.66. The van der Waals surface area contributed by atoms with Crippen LogP contribution >= 0.6 is 0 Å². The van der Waals surface area contributed by atoms with E-state index in [2.05, 4.69) is 4.72 Å². The molecule has 146 valence electrons. The van der Waals surface area contributed by atoms with Crippen molar-refractivity contribution < 1.29 is 22.7 Å². The minimum atomic E-state index is -3.98. The summed E-state index contributed by atoms with van der Waals surface area (Å²) < 4.78 is 40.7. The van der Waals surface area contributed by atoms with Crippen LogP contribution < -0.4 is 4.72 Å². The summed E-state index contributed by atoms with van der Waals surface area (Å²) in [5.74, 6) is -0.952. The van der Waals surface area contributed by atoms with E-state index in [0.29, 0.717) is 12.1 Å². The largest absolute Gasteiger partial charge is 0.395 e. The van der Waals surface area contributed by atoms with Crippen molar-refractivity contribution in [2.24, 2.45) is 0 Å². The van der Waals surface area contributed by atoms with Gasteiger partial charge in [-0.05, 0) is 42.8 Å². The van der Waals surface area contributed by atoms with Crippen molar-refractivity contribution in [2.45, 2.75) is 24.7 Å². The van der Waals surface area contributed by atoms with Crippen molar-refractivity contribution in [1.82, 2.24) is 4.90 Å². The Balaban J connectivity index is 2.17. The van der Waals surface area contributed by atoms with Crippen molar-refractivity contribution in [3.8, 4) is 0 Å². The summed E-state index contributed by atoms with van der Waals surface area (Å²) in [6, 6.07) is 10.9. The third-order valence-corrected chi connectivity index (χ3v) is 5.35. The highest BCUT2D eigenvalue weighted by molar-refractivity contribution is 7.92. The number of amides is 1. The first-order valence-electron chi connectivity index (χ1n) is 8.66. The molecule has 0 fully saturated rings. The van der Waals surface area contributed by atoms with Gasteiger partial charge in [0.25, 0.3) is 15.9 Å². The van der Waals surface area contributed by atoms with E-state index in [0.717, 1.165) is 18.9 Å². The lowest BCUT2D eigenvalue weighted by Crippen LogP contribution is -2.34. The summed E-state index contributed by atoms with van der Waals surface area (Å²) in [6.45, 7) is 2.59. The van der Waals surface area contributed by atoms with Crippen molar-refractivity contribution in [3.05, 3.63) is 59.9 Å². The van der Waals surface area contributed by atoms with Gasteiger partial charge in [-0.1, -0.05) is 25.5 Å². The van der Waals surface area contributed by atoms with Crippen LogP contribution in [-0.4, -0.2) is 44.0 Å². The fraction of sp³-hybridized carbons (Fsp3) is 0.316. The second kappa shape index (κ2) is 9.48. The van der Waals surface area contributed by atoms with Crippen LogP contribution in [0.2, 0.25) is 0 Å². The SMILES string of the molecule is CCCCN(CCO)C(=O)c1ccc(S(=O)(=O)Nc2ccccc2F)cc1. The van der Waals surface area contributed by atoms with Crippen molar-refractivity contribution in [1.29, 1.82) is 0 Å². The second-order valence-electron chi connectivity index (χ2n) is 5.98. The normalized spacial score (nSPS) is 11.2. The predicted octanol–water partition coefficient (Wildman–Crippen LogP) is 2.86. The van der Waals surface area contributed by atoms with Gasteiger partial charge in [0.1, 0.15) is 5.82 Å². The number of halogens is 1. The summed E-state index contributed by atoms with van der Waals surface area (Å²) in [5.41, 5.74) is 0.177. The van der Waals surface area contributed by atoms with E-state index in [1.807, 2.05) is 6.92 Å². The number of aliphatic hydroxyl groups excluding tert-OH is 1. The highest BCUT2D eigenvalue weighted by Crippen LogP contribution is 2.19. The number of para-hydroxylation sites is 1.